The molecular formula is C27H23N3O3S. The molecule has 0 unspecified atom stereocenters. The number of thioether (sulfide) groups is 1. The Morgan fingerprint density at radius 3 is 2.59 bits per heavy atom. The van der Waals surface area contributed by atoms with E-state index in [-0.39, 0.29) is 22.8 Å². The Kier molecular flexibility index (Phi) is 5.94. The summed E-state index contributed by atoms with van der Waals surface area (Å²) in [5, 5.41) is 4.20. The number of benzene rings is 3. The first-order valence-corrected chi connectivity index (χ1v) is 12.1. The number of carbonyl (C=O) groups is 1. The third kappa shape index (κ3) is 3.99. The average Bonchev–Trinajstić information content (AvgIpc) is 3.23. The van der Waals surface area contributed by atoms with Crippen LogP contribution in [0.15, 0.2) is 87.2 Å². The zero-order valence-electron chi connectivity index (χ0n) is 18.9. The van der Waals surface area contributed by atoms with Gasteiger partial charge in [-0.1, -0.05) is 67.2 Å². The number of nitrogens with zero attached hydrogens (tertiary/aromatic N) is 2. The molecule has 1 amide bonds. The van der Waals surface area contributed by atoms with Gasteiger partial charge in [-0.25, -0.2) is 4.98 Å². The van der Waals surface area contributed by atoms with Crippen molar-refractivity contribution in [1.82, 2.24) is 9.55 Å². The van der Waals surface area contributed by atoms with E-state index in [9.17, 15) is 9.59 Å². The van der Waals surface area contributed by atoms with Gasteiger partial charge < -0.3 is 9.73 Å². The van der Waals surface area contributed by atoms with Crippen molar-refractivity contribution in [2.24, 2.45) is 0 Å². The number of fused-ring (bicyclic) bond motifs is 3. The van der Waals surface area contributed by atoms with E-state index in [1.807, 2.05) is 79.7 Å². The number of rotatable bonds is 6. The standard InChI is InChI=1S/C27H23N3O3S/c1-3-18-11-5-7-13-20(18)28-23(31)16-34-27-29-24-19-12-6-9-15-22(19)33-25(24)26(32)30(27)21-14-8-4-10-17(21)2/h4-15H,3,16H2,1-2H3,(H,28,31). The molecule has 0 aliphatic carbocycles. The van der Waals surface area contributed by atoms with Crippen molar-refractivity contribution in [3.63, 3.8) is 0 Å². The number of aryl methyl sites for hydroxylation is 2. The van der Waals surface area contributed by atoms with Gasteiger partial charge in [0.05, 0.1) is 11.4 Å². The molecule has 6 nitrogen and oxygen atoms in total. The molecule has 3 aromatic carbocycles. The minimum Gasteiger partial charge on any atom is -0.448 e. The maximum absolute atomic E-state index is 13.6. The SMILES string of the molecule is CCc1ccccc1NC(=O)CSc1nc2c(oc3ccccc32)c(=O)n1-c1ccccc1C. The predicted molar refractivity (Wildman–Crippen MR) is 137 cm³/mol. The number of nitrogens with one attached hydrogen (secondary N) is 1. The van der Waals surface area contributed by atoms with Gasteiger partial charge in [-0.2, -0.15) is 0 Å². The molecule has 0 bridgehead atoms. The quantitative estimate of drug-likeness (QED) is 0.254. The summed E-state index contributed by atoms with van der Waals surface area (Å²) in [6.07, 6.45) is 0.822. The summed E-state index contributed by atoms with van der Waals surface area (Å²) in [5.41, 5.74) is 4.52. The monoisotopic (exact) mass is 469 g/mol. The third-order valence-corrected chi connectivity index (χ3v) is 6.67. The normalized spacial score (nSPS) is 11.2. The van der Waals surface area contributed by atoms with Gasteiger partial charge in [-0.05, 0) is 48.7 Å². The summed E-state index contributed by atoms with van der Waals surface area (Å²) in [4.78, 5) is 31.2. The lowest BCUT2D eigenvalue weighted by Crippen LogP contribution is -2.23. The lowest BCUT2D eigenvalue weighted by molar-refractivity contribution is -0.113. The summed E-state index contributed by atoms with van der Waals surface area (Å²) >= 11 is 1.23. The molecule has 7 heteroatoms. The van der Waals surface area contributed by atoms with Gasteiger partial charge >= 0.3 is 5.56 Å². The second kappa shape index (κ2) is 9.19. The Labute approximate surface area is 200 Å². The van der Waals surface area contributed by atoms with Crippen molar-refractivity contribution in [3.05, 3.63) is 94.3 Å². The number of hydrogen-bond acceptors (Lipinski definition) is 5. The molecule has 5 rings (SSSR count). The smallest absolute Gasteiger partial charge is 0.302 e. The summed E-state index contributed by atoms with van der Waals surface area (Å²) in [7, 11) is 0. The topological polar surface area (TPSA) is 77.1 Å². The molecule has 5 aromatic rings. The van der Waals surface area contributed by atoms with E-state index in [2.05, 4.69) is 12.2 Å². The summed E-state index contributed by atoms with van der Waals surface area (Å²) in [5.74, 6) is -0.0499. The van der Waals surface area contributed by atoms with Gasteiger partial charge in [0.1, 0.15) is 11.1 Å². The second-order valence-corrected chi connectivity index (χ2v) is 8.89. The van der Waals surface area contributed by atoms with Crippen LogP contribution in [-0.2, 0) is 11.2 Å². The van der Waals surface area contributed by atoms with E-state index >= 15 is 0 Å². The molecule has 0 aliphatic heterocycles. The number of anilines is 1. The molecule has 0 saturated carbocycles. The first-order chi connectivity index (χ1) is 16.6. The molecule has 0 saturated heterocycles. The van der Waals surface area contributed by atoms with Gasteiger partial charge in [-0.15, -0.1) is 0 Å². The Bertz CT molecular complexity index is 1590. The number of amides is 1. The number of carbonyl (C=O) groups excluding carboxylic acids is 1. The third-order valence-electron chi connectivity index (χ3n) is 5.73. The Balaban J connectivity index is 1.57. The number of para-hydroxylation sites is 3. The molecule has 2 aromatic heterocycles. The van der Waals surface area contributed by atoms with Crippen molar-refractivity contribution < 1.29 is 9.21 Å². The van der Waals surface area contributed by atoms with Gasteiger partial charge in [0.25, 0.3) is 0 Å². The first kappa shape index (κ1) is 22.0. The molecule has 0 spiro atoms. The van der Waals surface area contributed by atoms with Crippen LogP contribution in [-0.4, -0.2) is 21.2 Å². The van der Waals surface area contributed by atoms with Crippen LogP contribution in [0.2, 0.25) is 0 Å². The molecule has 2 heterocycles. The van der Waals surface area contributed by atoms with Crippen molar-refractivity contribution >= 4 is 45.4 Å². The van der Waals surface area contributed by atoms with Crippen LogP contribution in [0.4, 0.5) is 5.69 Å². The van der Waals surface area contributed by atoms with E-state index in [0.717, 1.165) is 28.6 Å². The summed E-state index contributed by atoms with van der Waals surface area (Å²) < 4.78 is 7.43. The molecule has 34 heavy (non-hydrogen) atoms. The number of hydrogen-bond donors (Lipinski definition) is 1. The lowest BCUT2D eigenvalue weighted by Gasteiger charge is -2.14. The highest BCUT2D eigenvalue weighted by molar-refractivity contribution is 7.99. The highest BCUT2D eigenvalue weighted by atomic mass is 32.2. The van der Waals surface area contributed by atoms with E-state index in [4.69, 9.17) is 9.40 Å². The minimum atomic E-state index is -0.297. The molecule has 0 aliphatic rings. The molecule has 0 fully saturated rings. The summed E-state index contributed by atoms with van der Waals surface area (Å²) in [6.45, 7) is 3.99. The maximum Gasteiger partial charge on any atom is 0.302 e. The number of furan rings is 1. The van der Waals surface area contributed by atoms with Crippen molar-refractivity contribution in [2.45, 2.75) is 25.4 Å². The van der Waals surface area contributed by atoms with Crippen LogP contribution in [0.5, 0.6) is 0 Å². The Morgan fingerprint density at radius 2 is 1.76 bits per heavy atom. The summed E-state index contributed by atoms with van der Waals surface area (Å²) in [6, 6.07) is 22.8. The molecule has 0 atom stereocenters. The second-order valence-electron chi connectivity index (χ2n) is 7.94. The predicted octanol–water partition coefficient (Wildman–Crippen LogP) is 5.73. The van der Waals surface area contributed by atoms with Crippen LogP contribution in [0.25, 0.3) is 27.8 Å². The number of aromatic nitrogens is 2. The highest BCUT2D eigenvalue weighted by Crippen LogP contribution is 2.29. The Morgan fingerprint density at radius 1 is 1.03 bits per heavy atom. The fourth-order valence-electron chi connectivity index (χ4n) is 4.01. The van der Waals surface area contributed by atoms with Crippen LogP contribution in [0.3, 0.4) is 0 Å². The van der Waals surface area contributed by atoms with E-state index < -0.39 is 0 Å². The van der Waals surface area contributed by atoms with Gasteiger partial charge in [0.2, 0.25) is 11.5 Å². The van der Waals surface area contributed by atoms with Crippen LogP contribution >= 0.6 is 11.8 Å². The van der Waals surface area contributed by atoms with Crippen LogP contribution in [0.1, 0.15) is 18.1 Å². The van der Waals surface area contributed by atoms with Crippen LogP contribution < -0.4 is 10.9 Å². The molecular weight excluding hydrogens is 446 g/mol. The fraction of sp³-hybridized carbons (Fsp3) is 0.148. The molecule has 170 valence electrons. The molecule has 0 radical (unpaired) electrons. The van der Waals surface area contributed by atoms with E-state index in [0.29, 0.717) is 21.9 Å². The van der Waals surface area contributed by atoms with Crippen LogP contribution in [0, 0.1) is 6.92 Å². The van der Waals surface area contributed by atoms with Crippen molar-refractivity contribution in [3.8, 4) is 5.69 Å². The molecule has 1 N–H and O–H groups in total. The Hall–Kier alpha value is -3.84. The zero-order valence-corrected chi connectivity index (χ0v) is 19.7. The van der Waals surface area contributed by atoms with Gasteiger partial charge in [-0.3, -0.25) is 14.2 Å². The zero-order chi connectivity index (χ0) is 23.7. The lowest BCUT2D eigenvalue weighted by atomic mass is 10.1. The van der Waals surface area contributed by atoms with Gasteiger partial charge in [0, 0.05) is 11.1 Å². The maximum atomic E-state index is 13.6. The minimum absolute atomic E-state index is 0.109. The first-order valence-electron chi connectivity index (χ1n) is 11.1. The average molecular weight is 470 g/mol. The van der Waals surface area contributed by atoms with E-state index in [1.165, 1.54) is 16.3 Å². The van der Waals surface area contributed by atoms with Crippen molar-refractivity contribution in [2.75, 3.05) is 11.1 Å². The van der Waals surface area contributed by atoms with Crippen molar-refractivity contribution in [1.29, 1.82) is 0 Å². The largest absolute Gasteiger partial charge is 0.448 e. The van der Waals surface area contributed by atoms with E-state index in [1.54, 1.807) is 0 Å². The highest BCUT2D eigenvalue weighted by Gasteiger charge is 2.20. The van der Waals surface area contributed by atoms with Gasteiger partial charge in [0.15, 0.2) is 5.16 Å². The fourth-order valence-corrected chi connectivity index (χ4v) is 4.81.